The molecule has 0 radical (unpaired) electrons. The number of carbonyl (C=O) groups excluding carboxylic acids is 3. The highest BCUT2D eigenvalue weighted by atomic mass is 16.5. The van der Waals surface area contributed by atoms with Crippen molar-refractivity contribution in [1.29, 1.82) is 0 Å². The van der Waals surface area contributed by atoms with E-state index in [1.807, 2.05) is 54.6 Å². The van der Waals surface area contributed by atoms with Crippen LogP contribution in [0, 0.1) is 0 Å². The molecule has 9 heteroatoms. The fourth-order valence-corrected chi connectivity index (χ4v) is 3.85. The summed E-state index contributed by atoms with van der Waals surface area (Å²) in [5, 5.41) is 22.6. The fourth-order valence-electron chi connectivity index (χ4n) is 3.85. The minimum atomic E-state index is -1.39. The van der Waals surface area contributed by atoms with Crippen molar-refractivity contribution in [2.75, 3.05) is 6.61 Å². The van der Waals surface area contributed by atoms with Gasteiger partial charge >= 0.3 is 5.97 Å². The smallest absolute Gasteiger partial charge is 0.335 e. The number of rotatable bonds is 11. The molecule has 2 atom stereocenters. The van der Waals surface area contributed by atoms with Gasteiger partial charge in [0, 0.05) is 24.6 Å². The predicted molar refractivity (Wildman–Crippen MR) is 133 cm³/mol. The summed E-state index contributed by atoms with van der Waals surface area (Å²) < 4.78 is 4.91. The molecule has 1 saturated carbocycles. The van der Waals surface area contributed by atoms with Crippen LogP contribution in [0.25, 0.3) is 11.1 Å². The van der Waals surface area contributed by atoms with Gasteiger partial charge in [-0.1, -0.05) is 54.6 Å². The number of hydrogen-bond acceptors (Lipinski definition) is 6. The molecule has 1 aliphatic rings. The molecule has 0 bridgehead atoms. The fraction of sp³-hybridized carbons (Fsp3) is 0.333. The number of hydrogen-bond donors (Lipinski definition) is 4. The van der Waals surface area contributed by atoms with E-state index >= 15 is 0 Å². The number of nitrogens with zero attached hydrogens (tertiary/aromatic N) is 1. The molecule has 4 N–H and O–H groups in total. The lowest BCUT2D eigenvalue weighted by Gasteiger charge is -2.21. The van der Waals surface area contributed by atoms with E-state index in [-0.39, 0.29) is 36.4 Å². The van der Waals surface area contributed by atoms with Crippen molar-refractivity contribution in [3.05, 3.63) is 77.6 Å². The van der Waals surface area contributed by atoms with E-state index < -0.39 is 24.0 Å². The zero-order valence-corrected chi connectivity index (χ0v) is 20.1. The summed E-state index contributed by atoms with van der Waals surface area (Å²) in [6, 6.07) is 18.8. The Morgan fingerprint density at radius 3 is 2.42 bits per heavy atom. The summed E-state index contributed by atoms with van der Waals surface area (Å²) in [6.07, 6.45) is 0.843. The summed E-state index contributed by atoms with van der Waals surface area (Å²) in [5.74, 6) is -1.56. The Morgan fingerprint density at radius 1 is 1.06 bits per heavy atom. The van der Waals surface area contributed by atoms with Gasteiger partial charge in [0.05, 0.1) is 6.61 Å². The third kappa shape index (κ3) is 6.79. The number of H-pyrrole nitrogens is 1. The second-order valence-corrected chi connectivity index (χ2v) is 8.86. The van der Waals surface area contributed by atoms with E-state index in [9.17, 15) is 19.5 Å². The quantitative estimate of drug-likeness (QED) is 0.305. The zero-order chi connectivity index (χ0) is 25.5. The minimum absolute atomic E-state index is 0.0336. The van der Waals surface area contributed by atoms with Crippen molar-refractivity contribution in [2.45, 2.75) is 50.8 Å². The maximum atomic E-state index is 12.9. The topological polar surface area (TPSA) is 133 Å². The molecule has 1 heterocycles. The van der Waals surface area contributed by atoms with Crippen LogP contribution in [-0.4, -0.2) is 57.9 Å². The standard InChI is InChI=1S/C27H30N4O5/c1-2-36-27(35)24(32)15-21(14-17-8-10-19(11-9-17)18-6-4-3-5-7-18)29-26(34)23-16-22(30-31-23)25(33)28-20-12-13-20/h3-11,16,20-21,24,32H,2,12-15H2,1H3,(H,28,33)(H,29,34)(H,30,31)/t21-,24-/m1/s1. The van der Waals surface area contributed by atoms with Gasteiger partial charge in [0.2, 0.25) is 0 Å². The average Bonchev–Trinajstić information content (AvgIpc) is 3.55. The summed E-state index contributed by atoms with van der Waals surface area (Å²) in [7, 11) is 0. The van der Waals surface area contributed by atoms with E-state index in [0.29, 0.717) is 6.42 Å². The summed E-state index contributed by atoms with van der Waals surface area (Å²) in [5.41, 5.74) is 3.32. The van der Waals surface area contributed by atoms with Crippen LogP contribution >= 0.6 is 0 Å². The number of aromatic amines is 1. The van der Waals surface area contributed by atoms with Crippen molar-refractivity contribution in [3.63, 3.8) is 0 Å². The van der Waals surface area contributed by atoms with Crippen LogP contribution in [0.1, 0.15) is 52.7 Å². The van der Waals surface area contributed by atoms with Gasteiger partial charge in [-0.2, -0.15) is 5.10 Å². The molecule has 0 aliphatic heterocycles. The third-order valence-corrected chi connectivity index (χ3v) is 5.91. The van der Waals surface area contributed by atoms with E-state index in [2.05, 4.69) is 20.8 Å². The van der Waals surface area contributed by atoms with Gasteiger partial charge in [-0.15, -0.1) is 0 Å². The van der Waals surface area contributed by atoms with Gasteiger partial charge in [0.1, 0.15) is 5.69 Å². The first-order valence-corrected chi connectivity index (χ1v) is 12.1. The molecular formula is C27H30N4O5. The zero-order valence-electron chi connectivity index (χ0n) is 20.1. The number of benzene rings is 2. The predicted octanol–water partition coefficient (Wildman–Crippen LogP) is 2.62. The lowest BCUT2D eigenvalue weighted by Crippen LogP contribution is -2.41. The number of nitrogens with one attached hydrogen (secondary N) is 3. The van der Waals surface area contributed by atoms with Crippen LogP contribution in [0.3, 0.4) is 0 Å². The average molecular weight is 491 g/mol. The van der Waals surface area contributed by atoms with Gasteiger partial charge in [0.15, 0.2) is 11.8 Å². The first-order chi connectivity index (χ1) is 17.4. The molecular weight excluding hydrogens is 460 g/mol. The van der Waals surface area contributed by atoms with E-state index in [1.54, 1.807) is 6.92 Å². The maximum Gasteiger partial charge on any atom is 0.335 e. The number of aromatic nitrogens is 2. The van der Waals surface area contributed by atoms with E-state index in [4.69, 9.17) is 4.74 Å². The van der Waals surface area contributed by atoms with Crippen LogP contribution < -0.4 is 10.6 Å². The second kappa shape index (κ2) is 11.6. The Balaban J connectivity index is 1.45. The van der Waals surface area contributed by atoms with Crippen LogP contribution in [-0.2, 0) is 16.0 Å². The van der Waals surface area contributed by atoms with Crippen molar-refractivity contribution in [2.24, 2.45) is 0 Å². The van der Waals surface area contributed by atoms with Crippen LogP contribution in [0.5, 0.6) is 0 Å². The molecule has 0 unspecified atom stereocenters. The summed E-state index contributed by atoms with van der Waals surface area (Å²) in [4.78, 5) is 37.1. The highest BCUT2D eigenvalue weighted by molar-refractivity contribution is 5.98. The molecule has 3 aromatic rings. The summed E-state index contributed by atoms with van der Waals surface area (Å²) >= 11 is 0. The number of ether oxygens (including phenoxy) is 1. The van der Waals surface area contributed by atoms with Crippen molar-refractivity contribution in [3.8, 4) is 11.1 Å². The normalized spacial score (nSPS) is 14.5. The minimum Gasteiger partial charge on any atom is -0.464 e. The van der Waals surface area contributed by atoms with Gasteiger partial charge in [-0.25, -0.2) is 4.79 Å². The lowest BCUT2D eigenvalue weighted by molar-refractivity contribution is -0.153. The van der Waals surface area contributed by atoms with Crippen LogP contribution in [0.15, 0.2) is 60.7 Å². The van der Waals surface area contributed by atoms with Gasteiger partial charge in [-0.05, 0) is 42.9 Å². The summed E-state index contributed by atoms with van der Waals surface area (Å²) in [6.45, 7) is 1.81. The largest absolute Gasteiger partial charge is 0.464 e. The van der Waals surface area contributed by atoms with Crippen molar-refractivity contribution < 1.29 is 24.2 Å². The van der Waals surface area contributed by atoms with Crippen LogP contribution in [0.4, 0.5) is 0 Å². The van der Waals surface area contributed by atoms with E-state index in [1.165, 1.54) is 6.07 Å². The first kappa shape index (κ1) is 25.1. The lowest BCUT2D eigenvalue weighted by atomic mass is 9.97. The monoisotopic (exact) mass is 490 g/mol. The molecule has 4 rings (SSSR count). The second-order valence-electron chi connectivity index (χ2n) is 8.86. The molecule has 2 amide bonds. The molecule has 188 valence electrons. The number of aliphatic hydroxyl groups excluding tert-OH is 1. The Hall–Kier alpha value is -3.98. The Bertz CT molecular complexity index is 1190. The number of aliphatic hydroxyl groups is 1. The Labute approximate surface area is 209 Å². The number of carbonyl (C=O) groups is 3. The van der Waals surface area contributed by atoms with Crippen molar-refractivity contribution >= 4 is 17.8 Å². The first-order valence-electron chi connectivity index (χ1n) is 12.1. The highest BCUT2D eigenvalue weighted by Crippen LogP contribution is 2.21. The van der Waals surface area contributed by atoms with Gasteiger partial charge < -0.3 is 20.5 Å². The van der Waals surface area contributed by atoms with Crippen molar-refractivity contribution in [1.82, 2.24) is 20.8 Å². The molecule has 1 aliphatic carbocycles. The molecule has 0 saturated heterocycles. The van der Waals surface area contributed by atoms with E-state index in [0.717, 1.165) is 29.5 Å². The maximum absolute atomic E-state index is 12.9. The van der Waals surface area contributed by atoms with Gasteiger partial charge in [0.25, 0.3) is 11.8 Å². The molecule has 2 aromatic carbocycles. The number of amides is 2. The molecule has 0 spiro atoms. The molecule has 9 nitrogen and oxygen atoms in total. The van der Waals surface area contributed by atoms with Crippen LogP contribution in [0.2, 0.25) is 0 Å². The van der Waals surface area contributed by atoms with Gasteiger partial charge in [-0.3, -0.25) is 14.7 Å². The molecule has 1 fully saturated rings. The number of esters is 1. The third-order valence-electron chi connectivity index (χ3n) is 5.91. The SMILES string of the molecule is CCOC(=O)[C@H](O)C[C@@H](Cc1ccc(-c2ccccc2)cc1)NC(=O)c1cc(C(=O)NC2CC2)n[nH]1. The molecule has 36 heavy (non-hydrogen) atoms. The highest BCUT2D eigenvalue weighted by Gasteiger charge is 2.27. The molecule has 1 aromatic heterocycles. The Kier molecular flexibility index (Phi) is 8.12. The Morgan fingerprint density at radius 2 is 1.75 bits per heavy atom.